The number of carbonyl (C=O) groups excluding carboxylic acids is 1. The molecule has 30 heavy (non-hydrogen) atoms. The van der Waals surface area contributed by atoms with Gasteiger partial charge in [-0.3, -0.25) is 24.6 Å². The maximum absolute atomic E-state index is 13.0. The molecule has 0 bridgehead atoms. The highest BCUT2D eigenvalue weighted by Crippen LogP contribution is 2.25. The maximum Gasteiger partial charge on any atom is 0.227 e. The second kappa shape index (κ2) is 10.1. The minimum atomic E-state index is 0.112. The van der Waals surface area contributed by atoms with Crippen molar-refractivity contribution in [3.63, 3.8) is 0 Å². The van der Waals surface area contributed by atoms with Gasteiger partial charge in [0.25, 0.3) is 0 Å². The van der Waals surface area contributed by atoms with Crippen LogP contribution in [0.4, 0.5) is 0 Å². The van der Waals surface area contributed by atoms with Crippen LogP contribution in [0.15, 0.2) is 48.9 Å². The number of pyridine rings is 2. The topological polar surface area (TPSA) is 52.6 Å². The number of amides is 1. The molecular weight excluding hydrogens is 374 g/mol. The van der Waals surface area contributed by atoms with E-state index < -0.39 is 0 Å². The lowest BCUT2D eigenvalue weighted by Crippen LogP contribution is -2.50. The fourth-order valence-corrected chi connectivity index (χ4v) is 4.86. The third-order valence-corrected chi connectivity index (χ3v) is 6.51. The summed E-state index contributed by atoms with van der Waals surface area (Å²) in [5.41, 5.74) is 2.23. The molecule has 4 heterocycles. The summed E-state index contributed by atoms with van der Waals surface area (Å²) in [6.45, 7) is 5.84. The van der Waals surface area contributed by atoms with E-state index in [1.165, 1.54) is 18.4 Å². The molecule has 1 amide bonds. The lowest BCUT2D eigenvalue weighted by molar-refractivity contribution is -0.137. The lowest BCUT2D eigenvalue weighted by Gasteiger charge is -2.42. The summed E-state index contributed by atoms with van der Waals surface area (Å²) < 4.78 is 0. The minimum Gasteiger partial charge on any atom is -0.340 e. The van der Waals surface area contributed by atoms with Gasteiger partial charge in [-0.1, -0.05) is 12.1 Å². The van der Waals surface area contributed by atoms with Crippen LogP contribution in [0.25, 0.3) is 0 Å². The van der Waals surface area contributed by atoms with Gasteiger partial charge < -0.3 is 4.90 Å². The molecule has 160 valence electrons. The summed E-state index contributed by atoms with van der Waals surface area (Å²) in [4.78, 5) is 28.6. The Hall–Kier alpha value is -2.31. The Morgan fingerprint density at radius 3 is 2.70 bits per heavy atom. The highest BCUT2D eigenvalue weighted by Gasteiger charge is 2.32. The number of hydrogen-bond acceptors (Lipinski definition) is 5. The van der Waals surface area contributed by atoms with Gasteiger partial charge in [-0.2, -0.15) is 0 Å². The Labute approximate surface area is 179 Å². The molecule has 0 aliphatic carbocycles. The van der Waals surface area contributed by atoms with Crippen molar-refractivity contribution in [2.45, 2.75) is 44.8 Å². The Morgan fingerprint density at radius 1 is 1.10 bits per heavy atom. The van der Waals surface area contributed by atoms with E-state index in [0.717, 1.165) is 51.3 Å². The van der Waals surface area contributed by atoms with Gasteiger partial charge in [-0.15, -0.1) is 0 Å². The van der Waals surface area contributed by atoms with Gasteiger partial charge >= 0.3 is 0 Å². The zero-order valence-corrected chi connectivity index (χ0v) is 18.0. The van der Waals surface area contributed by atoms with Gasteiger partial charge in [0, 0.05) is 44.8 Å². The largest absolute Gasteiger partial charge is 0.340 e. The van der Waals surface area contributed by atoms with E-state index in [2.05, 4.69) is 25.8 Å². The third kappa shape index (κ3) is 5.43. The molecule has 2 fully saturated rings. The lowest BCUT2D eigenvalue weighted by atomic mass is 9.92. The van der Waals surface area contributed by atoms with Crippen LogP contribution in [0.1, 0.15) is 36.9 Å². The molecule has 0 unspecified atom stereocenters. The minimum absolute atomic E-state index is 0.112. The van der Waals surface area contributed by atoms with E-state index in [4.69, 9.17) is 0 Å². The molecule has 2 aromatic rings. The number of hydrogen-bond donors (Lipinski definition) is 0. The Kier molecular flexibility index (Phi) is 7.07. The molecule has 2 aromatic heterocycles. The smallest absolute Gasteiger partial charge is 0.227 e. The van der Waals surface area contributed by atoms with E-state index in [-0.39, 0.29) is 11.8 Å². The van der Waals surface area contributed by atoms with Gasteiger partial charge in [0.15, 0.2) is 0 Å². The summed E-state index contributed by atoms with van der Waals surface area (Å²) in [5.74, 6) is 0.375. The summed E-state index contributed by atoms with van der Waals surface area (Å²) in [6.07, 6.45) is 10.1. The molecule has 6 heteroatoms. The van der Waals surface area contributed by atoms with Gasteiger partial charge in [-0.05, 0) is 69.1 Å². The predicted octanol–water partition coefficient (Wildman–Crippen LogP) is 2.81. The molecule has 0 saturated carbocycles. The molecule has 2 aliphatic heterocycles. The average molecular weight is 408 g/mol. The third-order valence-electron chi connectivity index (χ3n) is 6.51. The maximum atomic E-state index is 13.0. The van der Waals surface area contributed by atoms with Crippen molar-refractivity contribution in [3.8, 4) is 0 Å². The first kappa shape index (κ1) is 20.9. The first-order valence-corrected chi connectivity index (χ1v) is 11.2. The molecule has 2 saturated heterocycles. The predicted molar refractivity (Wildman–Crippen MR) is 118 cm³/mol. The van der Waals surface area contributed by atoms with Crippen LogP contribution < -0.4 is 0 Å². The van der Waals surface area contributed by atoms with Gasteiger partial charge in [0.1, 0.15) is 0 Å². The summed E-state index contributed by atoms with van der Waals surface area (Å²) in [6, 6.07) is 10.6. The standard InChI is InChI=1S/C24H33N5O/c1-27(19-22-8-2-3-12-26-22)24(30)21-7-5-13-29(18-21)23-9-14-28(15-10-23)17-20-6-4-11-25-16-20/h2-4,6,8,11-12,16,21,23H,5,7,9-10,13-15,17-19H2,1H3/t21-/m1/s1. The van der Waals surface area contributed by atoms with Crippen molar-refractivity contribution >= 4 is 5.91 Å². The number of likely N-dealkylation sites (tertiary alicyclic amines) is 2. The second-order valence-electron chi connectivity index (χ2n) is 8.72. The van der Waals surface area contributed by atoms with Crippen molar-refractivity contribution in [3.05, 3.63) is 60.2 Å². The molecule has 0 N–H and O–H groups in total. The first-order valence-electron chi connectivity index (χ1n) is 11.2. The van der Waals surface area contributed by atoms with E-state index in [9.17, 15) is 4.79 Å². The monoisotopic (exact) mass is 407 g/mol. The fraction of sp³-hybridized carbons (Fsp3) is 0.542. The first-order chi connectivity index (χ1) is 14.7. The molecule has 1 atom stereocenters. The highest BCUT2D eigenvalue weighted by molar-refractivity contribution is 5.78. The molecular formula is C24H33N5O. The zero-order chi connectivity index (χ0) is 20.8. The van der Waals surface area contributed by atoms with E-state index in [1.54, 1.807) is 6.20 Å². The van der Waals surface area contributed by atoms with Crippen LogP contribution in [0.3, 0.4) is 0 Å². The van der Waals surface area contributed by atoms with Crippen molar-refractivity contribution in [1.29, 1.82) is 0 Å². The quantitative estimate of drug-likeness (QED) is 0.737. The Bertz CT molecular complexity index is 792. The van der Waals surface area contributed by atoms with Crippen LogP contribution >= 0.6 is 0 Å². The number of rotatable bonds is 6. The van der Waals surface area contributed by atoms with E-state index in [1.807, 2.05) is 48.6 Å². The average Bonchev–Trinajstić information content (AvgIpc) is 2.80. The molecule has 0 spiro atoms. The Morgan fingerprint density at radius 2 is 1.97 bits per heavy atom. The fourth-order valence-electron chi connectivity index (χ4n) is 4.86. The van der Waals surface area contributed by atoms with Crippen LogP contribution in [-0.2, 0) is 17.9 Å². The van der Waals surface area contributed by atoms with Crippen molar-refractivity contribution in [2.24, 2.45) is 5.92 Å². The van der Waals surface area contributed by atoms with Gasteiger partial charge in [0.2, 0.25) is 5.91 Å². The summed E-state index contributed by atoms with van der Waals surface area (Å²) in [7, 11) is 1.91. The SMILES string of the molecule is CN(Cc1ccccn1)C(=O)[C@@H]1CCCN(C2CCN(Cc3cccnc3)CC2)C1. The van der Waals surface area contributed by atoms with Crippen LogP contribution in [0, 0.1) is 5.92 Å². The van der Waals surface area contributed by atoms with Crippen molar-refractivity contribution in [2.75, 3.05) is 33.2 Å². The van der Waals surface area contributed by atoms with Crippen LogP contribution in [-0.4, -0.2) is 69.8 Å². The number of nitrogens with zero attached hydrogens (tertiary/aromatic N) is 5. The van der Waals surface area contributed by atoms with Gasteiger partial charge in [0.05, 0.1) is 18.2 Å². The second-order valence-corrected chi connectivity index (χ2v) is 8.72. The number of aromatic nitrogens is 2. The van der Waals surface area contributed by atoms with Crippen molar-refractivity contribution in [1.82, 2.24) is 24.7 Å². The van der Waals surface area contributed by atoms with Crippen LogP contribution in [0.2, 0.25) is 0 Å². The molecule has 0 radical (unpaired) electrons. The molecule has 2 aliphatic rings. The van der Waals surface area contributed by atoms with Crippen LogP contribution in [0.5, 0.6) is 0 Å². The number of piperidine rings is 2. The highest BCUT2D eigenvalue weighted by atomic mass is 16.2. The van der Waals surface area contributed by atoms with Crippen molar-refractivity contribution < 1.29 is 4.79 Å². The molecule has 6 nitrogen and oxygen atoms in total. The van der Waals surface area contributed by atoms with Gasteiger partial charge in [-0.25, -0.2) is 0 Å². The Balaban J connectivity index is 1.26. The summed E-state index contributed by atoms with van der Waals surface area (Å²) >= 11 is 0. The number of carbonyl (C=O) groups is 1. The molecule has 4 rings (SSSR count). The van der Waals surface area contributed by atoms with E-state index >= 15 is 0 Å². The zero-order valence-electron chi connectivity index (χ0n) is 18.0. The normalized spacial score (nSPS) is 21.4. The van der Waals surface area contributed by atoms with E-state index in [0.29, 0.717) is 12.6 Å². The molecule has 0 aromatic carbocycles. The summed E-state index contributed by atoms with van der Waals surface area (Å²) in [5, 5.41) is 0.